The summed E-state index contributed by atoms with van der Waals surface area (Å²) in [6.45, 7) is 0. The first-order chi connectivity index (χ1) is 8.68. The van der Waals surface area contributed by atoms with E-state index in [1.165, 1.54) is 0 Å². The van der Waals surface area contributed by atoms with Gasteiger partial charge < -0.3 is 34.4 Å². The van der Waals surface area contributed by atoms with Crippen LogP contribution >= 0.6 is 15.2 Å². The number of benzene rings is 1. The van der Waals surface area contributed by atoms with Gasteiger partial charge in [0.05, 0.1) is 11.0 Å². The fraction of sp³-hybridized carbons (Fsp3) is 0.125. The molecule has 1 aromatic carbocycles. The van der Waals surface area contributed by atoms with Crippen molar-refractivity contribution in [2.75, 3.05) is 5.32 Å². The quantitative estimate of drug-likeness (QED) is 0.312. The molecule has 2 rings (SSSR count). The first-order valence-corrected chi connectivity index (χ1v) is 8.25. The molecule has 0 saturated carbocycles. The van der Waals surface area contributed by atoms with E-state index in [1.54, 1.807) is 24.3 Å². The Hall–Kier alpha value is 0.790. The Balaban J connectivity index is 0.00000200. The first-order valence-electron chi connectivity index (χ1n) is 4.96. The van der Waals surface area contributed by atoms with Crippen LogP contribution in [0.4, 0.5) is 5.95 Å². The summed E-state index contributed by atoms with van der Waals surface area (Å²) in [5.74, 6) is -0.207. The number of fused-ring (bicyclic) bond motifs is 1. The van der Waals surface area contributed by atoms with Crippen LogP contribution in [0.15, 0.2) is 24.3 Å². The van der Waals surface area contributed by atoms with Crippen molar-refractivity contribution < 1.29 is 87.8 Å². The topological polar surface area (TPSA) is 161 Å². The molecule has 0 aliphatic rings. The molecule has 0 fully saturated rings. The van der Waals surface area contributed by atoms with Gasteiger partial charge in [-0.15, -0.1) is 0 Å². The molecule has 9 nitrogen and oxygen atoms in total. The van der Waals surface area contributed by atoms with Crippen molar-refractivity contribution in [1.82, 2.24) is 9.97 Å². The molecule has 0 radical (unpaired) electrons. The summed E-state index contributed by atoms with van der Waals surface area (Å²) in [5, 5.41) is 1.93. The van der Waals surface area contributed by atoms with Gasteiger partial charge >= 0.3 is 66.7 Å². The van der Waals surface area contributed by atoms with Gasteiger partial charge in [-0.1, -0.05) is 12.1 Å². The number of hydrogen-bond donors (Lipinski definition) is 4. The zero-order valence-corrected chi connectivity index (χ0v) is 17.0. The van der Waals surface area contributed by atoms with Crippen LogP contribution in [0.3, 0.4) is 0 Å². The summed E-state index contributed by atoms with van der Waals surface area (Å²) in [6.07, 6.45) is 0. The van der Waals surface area contributed by atoms with Crippen molar-refractivity contribution in [3.8, 4) is 0 Å². The molecule has 13 heteroatoms. The van der Waals surface area contributed by atoms with Crippen molar-refractivity contribution >= 4 is 32.2 Å². The predicted octanol–water partition coefficient (Wildman–Crippen LogP) is -6.64. The van der Waals surface area contributed by atoms with Crippen LogP contribution in [-0.4, -0.2) is 25.3 Å². The van der Waals surface area contributed by atoms with E-state index < -0.39 is 20.7 Å². The Bertz CT molecular complexity index is 643. The molecule has 1 heterocycles. The van der Waals surface area contributed by atoms with Crippen LogP contribution in [0.2, 0.25) is 0 Å². The van der Waals surface area contributed by atoms with Crippen LogP contribution in [-0.2, 0) is 9.13 Å². The van der Waals surface area contributed by atoms with Gasteiger partial charge in [-0.2, -0.15) is 0 Å². The summed E-state index contributed by atoms with van der Waals surface area (Å²) in [4.78, 5) is 46.0. The zero-order chi connectivity index (χ0) is 14.3. The Labute approximate surface area is 163 Å². The van der Waals surface area contributed by atoms with E-state index in [4.69, 9.17) is 9.79 Å². The number of aromatic amines is 1. The zero-order valence-electron chi connectivity index (χ0n) is 11.3. The maximum Gasteiger partial charge on any atom is 1.00 e. The van der Waals surface area contributed by atoms with Gasteiger partial charge in [0.15, 0.2) is 5.52 Å². The Morgan fingerprint density at radius 3 is 2.24 bits per heavy atom. The molecule has 0 amide bonds. The fourth-order valence-electron chi connectivity index (χ4n) is 1.49. The summed E-state index contributed by atoms with van der Waals surface area (Å²) in [7, 11) is -10.7. The molecule has 2 aromatic rings. The smallest absolute Gasteiger partial charge is 0.809 e. The number of aromatic nitrogens is 2. The molecule has 1 unspecified atom stereocenters. The van der Waals surface area contributed by atoms with E-state index >= 15 is 0 Å². The third-order valence-corrected chi connectivity index (χ3v) is 5.52. The molecule has 0 aliphatic carbocycles. The van der Waals surface area contributed by atoms with E-state index in [2.05, 4.69) is 9.97 Å². The summed E-state index contributed by atoms with van der Waals surface area (Å²) in [5.41, 5.74) is -1.57. The number of para-hydroxylation sites is 2. The van der Waals surface area contributed by atoms with Gasteiger partial charge in [-0.25, -0.2) is 4.98 Å². The minimum Gasteiger partial charge on any atom is -0.809 e. The molecule has 21 heavy (non-hydrogen) atoms. The maximum atomic E-state index is 11.0. The Kier molecular flexibility index (Phi) is 8.36. The van der Waals surface area contributed by atoms with Crippen LogP contribution in [0.1, 0.15) is 0 Å². The number of anilines is 1. The maximum absolute atomic E-state index is 11.0. The Morgan fingerprint density at radius 1 is 1.19 bits per heavy atom. The SMILES string of the molecule is O=P([O-])([O-])C(Nc1nc2ccccc2[nH]1)P(=O)(O)O.[Na+].[Na+]. The average molecular weight is 351 g/mol. The number of hydrogen-bond acceptors (Lipinski definition) is 6. The normalized spacial score (nSPS) is 13.1. The molecule has 0 saturated heterocycles. The largest absolute Gasteiger partial charge is 1.00 e. The standard InChI is InChI=1S/C8H11N3O6P2.2Na/c12-18(13,14)8(19(15,16)17)11-7-9-5-3-1-2-4-6(5)10-7;;/h1-4,8H,(H2,9,10,11)(H2,12,13,14)(H2,15,16,17);;/q;2*+1/p-2. The molecule has 4 N–H and O–H groups in total. The minimum atomic E-state index is -5.54. The Morgan fingerprint density at radius 2 is 1.76 bits per heavy atom. The van der Waals surface area contributed by atoms with Crippen LogP contribution < -0.4 is 74.2 Å². The monoisotopic (exact) mass is 351 g/mol. The van der Waals surface area contributed by atoms with Gasteiger partial charge in [0, 0.05) is 0 Å². The van der Waals surface area contributed by atoms with Gasteiger partial charge in [0.2, 0.25) is 5.95 Å². The molecular formula is C8H9N3Na2O6P2. The number of imidazole rings is 1. The van der Waals surface area contributed by atoms with Gasteiger partial charge in [-0.05, 0) is 19.7 Å². The van der Waals surface area contributed by atoms with E-state index in [0.717, 1.165) is 0 Å². The van der Waals surface area contributed by atoms with Crippen molar-refractivity contribution in [2.24, 2.45) is 0 Å². The third kappa shape index (κ3) is 5.73. The second-order valence-corrected chi connectivity index (χ2v) is 7.45. The second kappa shape index (κ2) is 8.06. The average Bonchev–Trinajstić information content (AvgIpc) is 2.65. The third-order valence-electron chi connectivity index (χ3n) is 2.27. The molecule has 0 bridgehead atoms. The van der Waals surface area contributed by atoms with Gasteiger partial charge in [0.25, 0.3) is 0 Å². The van der Waals surface area contributed by atoms with Gasteiger partial charge in [0.1, 0.15) is 0 Å². The van der Waals surface area contributed by atoms with Crippen LogP contribution in [0, 0.1) is 0 Å². The fourth-order valence-corrected chi connectivity index (χ4v) is 3.54. The molecular weight excluding hydrogens is 342 g/mol. The first kappa shape index (κ1) is 21.8. The molecule has 1 atom stereocenters. The molecule has 104 valence electrons. The van der Waals surface area contributed by atoms with Crippen molar-refractivity contribution in [2.45, 2.75) is 5.52 Å². The number of rotatable bonds is 4. The number of H-pyrrole nitrogens is 1. The summed E-state index contributed by atoms with van der Waals surface area (Å²) >= 11 is 0. The number of nitrogens with one attached hydrogen (secondary N) is 2. The predicted molar refractivity (Wildman–Crippen MR) is 63.2 cm³/mol. The number of nitrogens with zero attached hydrogens (tertiary/aromatic N) is 1. The molecule has 1 aromatic heterocycles. The van der Waals surface area contributed by atoms with E-state index in [-0.39, 0.29) is 65.1 Å². The summed E-state index contributed by atoms with van der Waals surface area (Å²) in [6, 6.07) is 6.61. The van der Waals surface area contributed by atoms with Crippen LogP contribution in [0.25, 0.3) is 11.0 Å². The van der Waals surface area contributed by atoms with E-state index in [1.807, 2.05) is 5.32 Å². The van der Waals surface area contributed by atoms with Crippen LogP contribution in [0.5, 0.6) is 0 Å². The van der Waals surface area contributed by atoms with E-state index in [0.29, 0.717) is 11.0 Å². The molecule has 0 aliphatic heterocycles. The molecule has 0 spiro atoms. The minimum absolute atomic E-state index is 0. The van der Waals surface area contributed by atoms with Crippen molar-refractivity contribution in [1.29, 1.82) is 0 Å². The van der Waals surface area contributed by atoms with Crippen molar-refractivity contribution in [3.05, 3.63) is 24.3 Å². The second-order valence-electron chi connectivity index (χ2n) is 3.75. The summed E-state index contributed by atoms with van der Waals surface area (Å²) < 4.78 is 21.9. The van der Waals surface area contributed by atoms with Crippen molar-refractivity contribution in [3.63, 3.8) is 0 Å². The van der Waals surface area contributed by atoms with E-state index in [9.17, 15) is 18.9 Å². The van der Waals surface area contributed by atoms with Gasteiger partial charge in [-0.3, -0.25) is 4.57 Å².